The van der Waals surface area contributed by atoms with Crippen molar-refractivity contribution >= 4 is 35.1 Å². The molecule has 1 aliphatic rings. The number of aromatic nitrogens is 3. The lowest BCUT2D eigenvalue weighted by Gasteiger charge is -2.26. The van der Waals surface area contributed by atoms with E-state index in [0.717, 1.165) is 5.56 Å². The fraction of sp³-hybridized carbons (Fsp3) is 0.250. The van der Waals surface area contributed by atoms with Crippen molar-refractivity contribution < 1.29 is 28.3 Å². The molecule has 0 radical (unpaired) electrons. The summed E-state index contributed by atoms with van der Waals surface area (Å²) in [4.78, 5) is 36.7. The quantitative estimate of drug-likeness (QED) is 0.266. The van der Waals surface area contributed by atoms with E-state index in [1.807, 2.05) is 0 Å². The SMILES string of the molecule is COc1cc(F)cc(C(CO)NC(=O)C(C)N2Cc3ccc(-c4nc(Nc5cnoc5C)ncc4Cl)cc3C2=O)c1. The largest absolute Gasteiger partial charge is 0.497 e. The van der Waals surface area contributed by atoms with Crippen LogP contribution in [0, 0.1) is 12.7 Å². The Kier molecular flexibility index (Phi) is 7.86. The van der Waals surface area contributed by atoms with Gasteiger partial charge in [0.1, 0.15) is 23.3 Å². The van der Waals surface area contributed by atoms with Crippen molar-refractivity contribution in [2.75, 3.05) is 19.0 Å². The molecule has 2 amide bonds. The lowest BCUT2D eigenvalue weighted by Crippen LogP contribution is -2.46. The van der Waals surface area contributed by atoms with Crippen LogP contribution in [-0.2, 0) is 11.3 Å². The van der Waals surface area contributed by atoms with Crippen LogP contribution in [0.15, 0.2) is 53.3 Å². The van der Waals surface area contributed by atoms with E-state index in [1.165, 1.54) is 42.6 Å². The summed E-state index contributed by atoms with van der Waals surface area (Å²) in [5.41, 5.74) is 3.08. The highest BCUT2D eigenvalue weighted by atomic mass is 35.5. The van der Waals surface area contributed by atoms with Gasteiger partial charge in [0.2, 0.25) is 11.9 Å². The number of ether oxygens (including phenoxy) is 1. The van der Waals surface area contributed by atoms with E-state index in [4.69, 9.17) is 20.9 Å². The van der Waals surface area contributed by atoms with Gasteiger partial charge in [0.15, 0.2) is 5.76 Å². The zero-order valence-electron chi connectivity index (χ0n) is 22.3. The maximum Gasteiger partial charge on any atom is 0.255 e. The summed E-state index contributed by atoms with van der Waals surface area (Å²) in [7, 11) is 1.39. The molecule has 2 unspecified atom stereocenters. The molecule has 0 aliphatic carbocycles. The number of aliphatic hydroxyl groups excluding tert-OH is 1. The van der Waals surface area contributed by atoms with E-state index >= 15 is 0 Å². The minimum Gasteiger partial charge on any atom is -0.497 e. The van der Waals surface area contributed by atoms with Crippen molar-refractivity contribution in [3.63, 3.8) is 0 Å². The summed E-state index contributed by atoms with van der Waals surface area (Å²) in [5.74, 6) is -0.340. The molecule has 4 aromatic rings. The van der Waals surface area contributed by atoms with Gasteiger partial charge in [0.05, 0.1) is 42.9 Å². The topological polar surface area (TPSA) is 143 Å². The molecule has 0 fully saturated rings. The molecule has 5 rings (SSSR count). The maximum absolute atomic E-state index is 14.0. The monoisotopic (exact) mass is 580 g/mol. The third-order valence-corrected chi connectivity index (χ3v) is 7.11. The lowest BCUT2D eigenvalue weighted by molar-refractivity contribution is -0.126. The van der Waals surface area contributed by atoms with Crippen LogP contribution in [0.3, 0.4) is 0 Å². The number of benzene rings is 2. The molecule has 2 atom stereocenters. The van der Waals surface area contributed by atoms with Crippen LogP contribution >= 0.6 is 11.6 Å². The molecule has 1 aliphatic heterocycles. The van der Waals surface area contributed by atoms with Gasteiger partial charge in [-0.25, -0.2) is 14.4 Å². The summed E-state index contributed by atoms with van der Waals surface area (Å²) in [5, 5.41) is 19.6. The minimum atomic E-state index is -0.898. The van der Waals surface area contributed by atoms with Crippen molar-refractivity contribution in [2.45, 2.75) is 32.5 Å². The molecule has 3 heterocycles. The lowest BCUT2D eigenvalue weighted by atomic mass is 10.0. The number of rotatable bonds is 9. The third-order valence-electron chi connectivity index (χ3n) is 6.83. The molecule has 0 spiro atoms. The first kappa shape index (κ1) is 28.0. The van der Waals surface area contributed by atoms with Gasteiger partial charge in [0, 0.05) is 23.7 Å². The molecule has 0 saturated carbocycles. The number of aliphatic hydroxyl groups is 1. The number of aryl methyl sites for hydroxylation is 1. The third kappa shape index (κ3) is 5.70. The number of carbonyl (C=O) groups is 2. The van der Waals surface area contributed by atoms with Crippen LogP contribution in [0.2, 0.25) is 5.02 Å². The van der Waals surface area contributed by atoms with E-state index in [2.05, 4.69) is 25.8 Å². The van der Waals surface area contributed by atoms with Crippen molar-refractivity contribution in [1.82, 2.24) is 25.3 Å². The first-order chi connectivity index (χ1) is 19.7. The fourth-order valence-corrected chi connectivity index (χ4v) is 4.72. The molecule has 13 heteroatoms. The highest BCUT2D eigenvalue weighted by Gasteiger charge is 2.35. The number of methoxy groups -OCH3 is 1. The second-order valence-electron chi connectivity index (χ2n) is 9.46. The Hall–Kier alpha value is -4.55. The number of amides is 2. The number of hydrogen-bond acceptors (Lipinski definition) is 9. The van der Waals surface area contributed by atoms with Crippen LogP contribution in [-0.4, -0.2) is 56.7 Å². The molecule has 41 heavy (non-hydrogen) atoms. The van der Waals surface area contributed by atoms with Crippen LogP contribution in [0.1, 0.15) is 40.2 Å². The highest BCUT2D eigenvalue weighted by Crippen LogP contribution is 2.33. The zero-order valence-corrected chi connectivity index (χ0v) is 23.1. The number of nitrogens with one attached hydrogen (secondary N) is 2. The summed E-state index contributed by atoms with van der Waals surface area (Å²) in [6, 6.07) is 7.42. The molecule has 3 N–H and O–H groups in total. The van der Waals surface area contributed by atoms with Gasteiger partial charge in [-0.3, -0.25) is 9.59 Å². The smallest absolute Gasteiger partial charge is 0.255 e. The first-order valence-electron chi connectivity index (χ1n) is 12.6. The summed E-state index contributed by atoms with van der Waals surface area (Å²) < 4.78 is 24.1. The van der Waals surface area contributed by atoms with Crippen molar-refractivity contribution in [2.24, 2.45) is 0 Å². The van der Waals surface area contributed by atoms with Gasteiger partial charge < -0.3 is 29.9 Å². The number of fused-ring (bicyclic) bond motifs is 1. The van der Waals surface area contributed by atoms with E-state index in [1.54, 1.807) is 32.0 Å². The average molecular weight is 581 g/mol. The van der Waals surface area contributed by atoms with Gasteiger partial charge in [-0.1, -0.05) is 28.9 Å². The second kappa shape index (κ2) is 11.5. The van der Waals surface area contributed by atoms with Crippen molar-refractivity contribution in [1.29, 1.82) is 0 Å². The van der Waals surface area contributed by atoms with Gasteiger partial charge >= 0.3 is 0 Å². The Balaban J connectivity index is 1.33. The fourth-order valence-electron chi connectivity index (χ4n) is 4.52. The van der Waals surface area contributed by atoms with Crippen LogP contribution in [0.25, 0.3) is 11.3 Å². The average Bonchev–Trinajstić information content (AvgIpc) is 3.53. The van der Waals surface area contributed by atoms with E-state index < -0.39 is 30.4 Å². The molecule has 2 aromatic heterocycles. The Morgan fingerprint density at radius 2 is 2.07 bits per heavy atom. The number of carbonyl (C=O) groups excluding carboxylic acids is 2. The maximum atomic E-state index is 14.0. The number of anilines is 2. The number of hydrogen-bond donors (Lipinski definition) is 3. The molecular formula is C28H26ClFN6O5. The van der Waals surface area contributed by atoms with E-state index in [9.17, 15) is 19.1 Å². The van der Waals surface area contributed by atoms with E-state index in [0.29, 0.717) is 33.8 Å². The normalized spacial score (nSPS) is 14.0. The molecule has 11 nitrogen and oxygen atoms in total. The van der Waals surface area contributed by atoms with Gasteiger partial charge in [0.25, 0.3) is 5.91 Å². The molecule has 0 bridgehead atoms. The number of halogens is 2. The van der Waals surface area contributed by atoms with Crippen molar-refractivity contribution in [3.05, 3.63) is 82.1 Å². The van der Waals surface area contributed by atoms with E-state index in [-0.39, 0.29) is 29.2 Å². The Morgan fingerprint density at radius 3 is 2.78 bits per heavy atom. The van der Waals surface area contributed by atoms with Crippen LogP contribution < -0.4 is 15.4 Å². The Labute approximate surface area is 239 Å². The predicted octanol–water partition coefficient (Wildman–Crippen LogP) is 4.18. The second-order valence-corrected chi connectivity index (χ2v) is 9.87. The highest BCUT2D eigenvalue weighted by molar-refractivity contribution is 6.33. The van der Waals surface area contributed by atoms with Gasteiger partial charge in [-0.15, -0.1) is 0 Å². The molecular weight excluding hydrogens is 555 g/mol. The Bertz CT molecular complexity index is 1630. The van der Waals surface area contributed by atoms with Crippen LogP contribution in [0.5, 0.6) is 5.75 Å². The molecule has 2 aromatic carbocycles. The summed E-state index contributed by atoms with van der Waals surface area (Å²) in [6.07, 6.45) is 2.96. The summed E-state index contributed by atoms with van der Waals surface area (Å²) in [6.45, 7) is 3.06. The zero-order chi connectivity index (χ0) is 29.3. The molecule has 0 saturated heterocycles. The number of nitrogens with zero attached hydrogens (tertiary/aromatic N) is 4. The minimum absolute atomic E-state index is 0.206. The first-order valence-corrected chi connectivity index (χ1v) is 13.0. The molecule has 212 valence electrons. The standard InChI is InChI=1S/C28H26ClFN6O5/c1-14(26(38)33-24(13-37)18-6-19(30)9-20(7-18)40-3)36-12-17-5-4-16(8-21(17)27(36)39)25-22(29)10-31-28(35-25)34-23-11-32-41-15(23)2/h4-11,14,24,37H,12-13H2,1-3H3,(H,33,38)(H,31,34,35). The predicted molar refractivity (Wildman–Crippen MR) is 147 cm³/mol. The summed E-state index contributed by atoms with van der Waals surface area (Å²) >= 11 is 6.41. The van der Waals surface area contributed by atoms with Gasteiger partial charge in [-0.2, -0.15) is 0 Å². The Morgan fingerprint density at radius 1 is 1.27 bits per heavy atom. The van der Waals surface area contributed by atoms with Crippen molar-refractivity contribution in [3.8, 4) is 17.0 Å². The van der Waals surface area contributed by atoms with Crippen LogP contribution in [0.4, 0.5) is 16.0 Å². The van der Waals surface area contributed by atoms with Gasteiger partial charge in [-0.05, 0) is 43.2 Å².